The molecule has 2 unspecified atom stereocenters. The number of nitrogens with zero attached hydrogens (tertiary/aromatic N) is 1. The zero-order valence-electron chi connectivity index (χ0n) is 18.7. The zero-order chi connectivity index (χ0) is 22.5. The molecule has 1 saturated heterocycles. The summed E-state index contributed by atoms with van der Waals surface area (Å²) in [5.74, 6) is 0.0706. The molecule has 1 fully saturated rings. The number of benzene rings is 1. The first-order chi connectivity index (χ1) is 15.0. The van der Waals surface area contributed by atoms with Crippen molar-refractivity contribution in [2.24, 2.45) is 5.92 Å². The summed E-state index contributed by atoms with van der Waals surface area (Å²) in [6.07, 6.45) is 3.99. The van der Waals surface area contributed by atoms with Gasteiger partial charge >= 0.3 is 5.97 Å². The predicted molar refractivity (Wildman–Crippen MR) is 114 cm³/mol. The van der Waals surface area contributed by atoms with Gasteiger partial charge in [-0.1, -0.05) is 33.1 Å². The van der Waals surface area contributed by atoms with Gasteiger partial charge in [0.1, 0.15) is 11.6 Å². The second-order valence-electron chi connectivity index (χ2n) is 8.04. The van der Waals surface area contributed by atoms with Crippen LogP contribution in [0.5, 0.6) is 11.5 Å². The molecule has 2 amide bonds. The quantitative estimate of drug-likeness (QED) is 0.571. The zero-order valence-corrected chi connectivity index (χ0v) is 18.7. The van der Waals surface area contributed by atoms with Crippen molar-refractivity contribution in [3.05, 3.63) is 23.3 Å². The van der Waals surface area contributed by atoms with Crippen molar-refractivity contribution in [3.63, 3.8) is 0 Å². The normalized spacial score (nSPS) is 21.0. The van der Waals surface area contributed by atoms with Crippen LogP contribution in [0.4, 0.5) is 0 Å². The summed E-state index contributed by atoms with van der Waals surface area (Å²) in [5.41, 5.74) is 0.737. The van der Waals surface area contributed by atoms with E-state index < -0.39 is 18.2 Å². The summed E-state index contributed by atoms with van der Waals surface area (Å²) in [7, 11) is 2.93. The number of cyclic esters (lactones) is 1. The van der Waals surface area contributed by atoms with Crippen molar-refractivity contribution in [3.8, 4) is 11.5 Å². The van der Waals surface area contributed by atoms with Gasteiger partial charge in [0.05, 0.1) is 14.2 Å². The molecule has 170 valence electrons. The highest BCUT2D eigenvalue weighted by Crippen LogP contribution is 2.45. The summed E-state index contributed by atoms with van der Waals surface area (Å²) >= 11 is 0. The van der Waals surface area contributed by atoms with E-state index in [4.69, 9.17) is 14.2 Å². The lowest BCUT2D eigenvalue weighted by atomic mass is 9.99. The number of carbonyl (C=O) groups is 3. The molecule has 1 aromatic carbocycles. The van der Waals surface area contributed by atoms with E-state index in [2.05, 4.69) is 19.2 Å². The molecule has 3 atom stereocenters. The highest BCUT2D eigenvalue weighted by Gasteiger charge is 2.47. The molecular weight excluding hydrogens is 400 g/mol. The number of ether oxygens (including phenoxy) is 3. The standard InChI is InChI=1S/C23H32N2O6/c1-5-7-8-14(6-2)13-24-21(27)16-10-12-18(26)25(16)22-15-9-11-17(29-3)20(30-4)19(15)23(28)31-22/h9,11,14,16,22H,5-8,10,12-13H2,1-4H3,(H,24,27)/t14?,16-,22?/m0/s1. The number of carbonyl (C=O) groups excluding carboxylic acids is 3. The third-order valence-corrected chi connectivity index (χ3v) is 6.19. The van der Waals surface area contributed by atoms with Gasteiger partial charge in [-0.3, -0.25) is 14.5 Å². The molecule has 2 aliphatic heterocycles. The van der Waals surface area contributed by atoms with Gasteiger partial charge in [0.15, 0.2) is 11.5 Å². The lowest BCUT2D eigenvalue weighted by Crippen LogP contribution is -2.47. The lowest BCUT2D eigenvalue weighted by molar-refractivity contribution is -0.145. The average Bonchev–Trinajstić information content (AvgIpc) is 3.32. The molecule has 1 N–H and O–H groups in total. The number of amides is 2. The first-order valence-corrected chi connectivity index (χ1v) is 11.0. The number of rotatable bonds is 10. The SMILES string of the molecule is CCCCC(CC)CNC(=O)[C@@H]1CCC(=O)N1C1OC(=O)c2c1ccc(OC)c2OC. The molecule has 0 bridgehead atoms. The highest BCUT2D eigenvalue weighted by atomic mass is 16.6. The van der Waals surface area contributed by atoms with Gasteiger partial charge in [0, 0.05) is 18.5 Å². The van der Waals surface area contributed by atoms with Crippen LogP contribution in [-0.4, -0.2) is 49.5 Å². The Labute approximate surface area is 183 Å². The van der Waals surface area contributed by atoms with E-state index in [0.29, 0.717) is 30.2 Å². The molecule has 0 radical (unpaired) electrons. The molecule has 0 saturated carbocycles. The van der Waals surface area contributed by atoms with Gasteiger partial charge in [-0.15, -0.1) is 0 Å². The smallest absolute Gasteiger partial charge is 0.344 e. The summed E-state index contributed by atoms with van der Waals surface area (Å²) in [6.45, 7) is 4.85. The first-order valence-electron chi connectivity index (χ1n) is 11.0. The number of hydrogen-bond donors (Lipinski definition) is 1. The molecule has 3 rings (SSSR count). The minimum absolute atomic E-state index is 0.203. The van der Waals surface area contributed by atoms with E-state index in [1.165, 1.54) is 19.1 Å². The minimum Gasteiger partial charge on any atom is -0.493 e. The van der Waals surface area contributed by atoms with Crippen LogP contribution < -0.4 is 14.8 Å². The summed E-state index contributed by atoms with van der Waals surface area (Å²) in [6, 6.07) is 2.68. The Bertz CT molecular complexity index is 840. The van der Waals surface area contributed by atoms with Crippen molar-refractivity contribution in [2.45, 2.75) is 64.6 Å². The van der Waals surface area contributed by atoms with E-state index in [-0.39, 0.29) is 29.5 Å². The molecule has 8 heteroatoms. The van der Waals surface area contributed by atoms with Crippen molar-refractivity contribution in [1.29, 1.82) is 0 Å². The fraction of sp³-hybridized carbons (Fsp3) is 0.609. The highest BCUT2D eigenvalue weighted by molar-refractivity contribution is 5.99. The van der Waals surface area contributed by atoms with E-state index in [0.717, 1.165) is 25.7 Å². The Balaban J connectivity index is 1.80. The Morgan fingerprint density at radius 2 is 2.03 bits per heavy atom. The molecule has 31 heavy (non-hydrogen) atoms. The van der Waals surface area contributed by atoms with Crippen LogP contribution in [-0.2, 0) is 14.3 Å². The monoisotopic (exact) mass is 432 g/mol. The molecule has 0 aromatic heterocycles. The molecule has 1 aromatic rings. The van der Waals surface area contributed by atoms with Gasteiger partial charge in [-0.2, -0.15) is 0 Å². The summed E-state index contributed by atoms with van der Waals surface area (Å²) in [4.78, 5) is 39.7. The maximum absolute atomic E-state index is 13.0. The topological polar surface area (TPSA) is 94.2 Å². The van der Waals surface area contributed by atoms with Gasteiger partial charge in [0.2, 0.25) is 18.0 Å². The average molecular weight is 433 g/mol. The number of likely N-dealkylation sites (tertiary alicyclic amines) is 1. The Morgan fingerprint density at radius 1 is 1.26 bits per heavy atom. The Kier molecular flexibility index (Phi) is 7.41. The van der Waals surface area contributed by atoms with Crippen molar-refractivity contribution < 1.29 is 28.6 Å². The molecule has 2 heterocycles. The van der Waals surface area contributed by atoms with Crippen LogP contribution >= 0.6 is 0 Å². The lowest BCUT2D eigenvalue weighted by Gasteiger charge is -2.29. The third-order valence-electron chi connectivity index (χ3n) is 6.19. The largest absolute Gasteiger partial charge is 0.493 e. The molecule has 2 aliphatic rings. The molecular formula is C23H32N2O6. The number of esters is 1. The maximum atomic E-state index is 13.0. The number of fused-ring (bicyclic) bond motifs is 1. The molecule has 8 nitrogen and oxygen atoms in total. The number of hydrogen-bond acceptors (Lipinski definition) is 6. The fourth-order valence-electron chi connectivity index (χ4n) is 4.35. The minimum atomic E-state index is -0.949. The fourth-order valence-corrected chi connectivity index (χ4v) is 4.35. The number of nitrogens with one attached hydrogen (secondary N) is 1. The third kappa shape index (κ3) is 4.48. The Hall–Kier alpha value is -2.77. The Morgan fingerprint density at radius 3 is 2.68 bits per heavy atom. The van der Waals surface area contributed by atoms with Crippen LogP contribution in [0, 0.1) is 5.92 Å². The second kappa shape index (κ2) is 10.0. The maximum Gasteiger partial charge on any atom is 0.344 e. The van der Waals surface area contributed by atoms with E-state index in [1.807, 2.05) is 0 Å². The number of unbranched alkanes of at least 4 members (excludes halogenated alkanes) is 1. The molecule has 0 aliphatic carbocycles. The summed E-state index contributed by atoms with van der Waals surface area (Å²) in [5, 5.41) is 3.02. The van der Waals surface area contributed by atoms with Crippen molar-refractivity contribution in [2.75, 3.05) is 20.8 Å². The van der Waals surface area contributed by atoms with Gasteiger partial charge in [0.25, 0.3) is 0 Å². The second-order valence-corrected chi connectivity index (χ2v) is 8.04. The van der Waals surface area contributed by atoms with Crippen molar-refractivity contribution in [1.82, 2.24) is 10.2 Å². The van der Waals surface area contributed by atoms with Crippen LogP contribution in [0.2, 0.25) is 0 Å². The summed E-state index contributed by atoms with van der Waals surface area (Å²) < 4.78 is 16.2. The van der Waals surface area contributed by atoms with E-state index in [9.17, 15) is 14.4 Å². The number of methoxy groups -OCH3 is 2. The van der Waals surface area contributed by atoms with E-state index in [1.54, 1.807) is 12.1 Å². The van der Waals surface area contributed by atoms with Crippen molar-refractivity contribution >= 4 is 17.8 Å². The first kappa shape index (κ1) is 22.9. The predicted octanol–water partition coefficient (Wildman–Crippen LogP) is 3.20. The van der Waals surface area contributed by atoms with Gasteiger partial charge < -0.3 is 19.5 Å². The van der Waals surface area contributed by atoms with Gasteiger partial charge in [-0.25, -0.2) is 4.79 Å². The van der Waals surface area contributed by atoms with Crippen LogP contribution in [0.15, 0.2) is 12.1 Å². The van der Waals surface area contributed by atoms with Gasteiger partial charge in [-0.05, 0) is 30.9 Å². The van der Waals surface area contributed by atoms with Crippen LogP contribution in [0.25, 0.3) is 0 Å². The van der Waals surface area contributed by atoms with Crippen LogP contribution in [0.1, 0.15) is 74.5 Å². The van der Waals surface area contributed by atoms with Crippen LogP contribution in [0.3, 0.4) is 0 Å². The van der Waals surface area contributed by atoms with E-state index >= 15 is 0 Å². The molecule has 0 spiro atoms.